The molecule has 0 bridgehead atoms. The molecule has 0 saturated carbocycles. The molecule has 0 radical (unpaired) electrons. The van der Waals surface area contributed by atoms with E-state index in [1.165, 1.54) is 24.3 Å². The molecule has 382 valence electrons. The van der Waals surface area contributed by atoms with Crippen LogP contribution >= 0.6 is 0 Å². The van der Waals surface area contributed by atoms with Gasteiger partial charge in [0.1, 0.15) is 36.0 Å². The number of hydrogen-bond donors (Lipinski definition) is 13. The number of unbranched alkanes of at least 4 members (excludes halogenated alkanes) is 1. The van der Waals surface area contributed by atoms with Gasteiger partial charge in [0.2, 0.25) is 35.4 Å². The summed E-state index contributed by atoms with van der Waals surface area (Å²) in [5.74, 6) is -10.3. The molecule has 15 N–H and O–H groups in total. The molecule has 69 heavy (non-hydrogen) atoms. The quantitative estimate of drug-likeness (QED) is 0.0294. The van der Waals surface area contributed by atoms with Gasteiger partial charge in [-0.05, 0) is 56.2 Å². The maximum Gasteiger partial charge on any atom is 0.320 e. The van der Waals surface area contributed by atoms with Crippen molar-refractivity contribution in [2.24, 2.45) is 16.5 Å². The van der Waals surface area contributed by atoms with Crippen molar-refractivity contribution in [3.63, 3.8) is 0 Å². The highest BCUT2D eigenvalue weighted by Crippen LogP contribution is 2.14. The van der Waals surface area contributed by atoms with Gasteiger partial charge in [0.15, 0.2) is 5.96 Å². The van der Waals surface area contributed by atoms with E-state index < -0.39 is 102 Å². The van der Waals surface area contributed by atoms with Crippen LogP contribution < -0.4 is 43.4 Å². The van der Waals surface area contributed by atoms with Gasteiger partial charge in [-0.2, -0.15) is 0 Å². The van der Waals surface area contributed by atoms with E-state index in [4.69, 9.17) is 11.5 Å². The predicted molar refractivity (Wildman–Crippen MR) is 242 cm³/mol. The fourth-order valence-corrected chi connectivity index (χ4v) is 7.54. The Hall–Kier alpha value is -7.13. The third-order valence-electron chi connectivity index (χ3n) is 11.1. The number of carboxylic acid groups (broad SMARTS) is 4. The maximum atomic E-state index is 14.0. The minimum absolute atomic E-state index is 0.0410. The first-order valence-electron chi connectivity index (χ1n) is 22.4. The number of nitrogens with zero attached hydrogens (tertiary/aromatic N) is 4. The fourth-order valence-electron chi connectivity index (χ4n) is 7.54. The standard InChI is InChI=1S/C42H64N12O15/c43-42(44)46-13-3-5-27-37(64)47-22-33(57)48-30(21-34(58)59)40(67)51-29(20-25-6-8-26(55)9-7-25)39(66)50-28(38(65)49-27)4-1-2-12-45-32(56)11-10-31(41(68)69)54-18-16-52(23-35(60)61)14-15-53(17-19-54)24-36(62)63/h6-9,27-31,55H,1-5,10-24H2,(H,45,56)(H,47,64)(H,48,57)(H,49,65)(H,50,66)(H,51,67)(H,58,59)(H,60,61)(H,62,63)(H,68,69)(H4,43,44,46)/t27-,28-,29+,30-,31?/m0/s1. The molecule has 27 nitrogen and oxygen atoms in total. The van der Waals surface area contributed by atoms with Crippen LogP contribution in [0, 0.1) is 0 Å². The second-order valence-corrected chi connectivity index (χ2v) is 16.6. The first-order valence-corrected chi connectivity index (χ1v) is 22.4. The van der Waals surface area contributed by atoms with Crippen LogP contribution in [0.1, 0.15) is 56.9 Å². The number of nitrogens with two attached hydrogens (primary N) is 2. The number of nitrogens with one attached hydrogen (secondary N) is 6. The average Bonchev–Trinajstić information content (AvgIpc) is 3.35. The van der Waals surface area contributed by atoms with Gasteiger partial charge in [-0.1, -0.05) is 12.1 Å². The Morgan fingerprint density at radius 2 is 1.22 bits per heavy atom. The van der Waals surface area contributed by atoms with Crippen LogP contribution in [0.2, 0.25) is 0 Å². The molecule has 0 aromatic heterocycles. The lowest BCUT2D eigenvalue weighted by Gasteiger charge is -2.30. The van der Waals surface area contributed by atoms with E-state index in [2.05, 4.69) is 36.9 Å². The van der Waals surface area contributed by atoms with Crippen molar-refractivity contribution in [2.75, 3.05) is 72.0 Å². The second-order valence-electron chi connectivity index (χ2n) is 16.6. The van der Waals surface area contributed by atoms with Gasteiger partial charge in [-0.15, -0.1) is 0 Å². The van der Waals surface area contributed by atoms with E-state index in [9.17, 15) is 73.5 Å². The molecular formula is C42H64N12O15. The van der Waals surface area contributed by atoms with Crippen LogP contribution in [-0.2, 0) is 54.4 Å². The lowest BCUT2D eigenvalue weighted by atomic mass is 10.0. The number of phenolic OH excluding ortho intramolecular Hbond substituents is 1. The van der Waals surface area contributed by atoms with Crippen LogP contribution in [0.15, 0.2) is 29.3 Å². The van der Waals surface area contributed by atoms with Crippen molar-refractivity contribution < 1.29 is 73.5 Å². The monoisotopic (exact) mass is 976 g/mol. The largest absolute Gasteiger partial charge is 0.508 e. The maximum absolute atomic E-state index is 14.0. The predicted octanol–water partition coefficient (Wildman–Crippen LogP) is -4.86. The smallest absolute Gasteiger partial charge is 0.320 e. The Labute approximate surface area is 396 Å². The Morgan fingerprint density at radius 1 is 0.681 bits per heavy atom. The van der Waals surface area contributed by atoms with Crippen molar-refractivity contribution in [2.45, 2.75) is 88.0 Å². The summed E-state index contributed by atoms with van der Waals surface area (Å²) in [7, 11) is 0. The van der Waals surface area contributed by atoms with Gasteiger partial charge in [0.05, 0.1) is 26.1 Å². The van der Waals surface area contributed by atoms with Crippen molar-refractivity contribution in [3.05, 3.63) is 29.8 Å². The summed E-state index contributed by atoms with van der Waals surface area (Å²) in [6, 6.07) is -1.37. The Kier molecular flexibility index (Phi) is 23.5. The first kappa shape index (κ1) is 56.2. The molecule has 2 aliphatic rings. The Morgan fingerprint density at radius 3 is 1.78 bits per heavy atom. The van der Waals surface area contributed by atoms with E-state index >= 15 is 0 Å². The van der Waals surface area contributed by atoms with Crippen LogP contribution in [-0.4, -0.2) is 208 Å². The number of aromatic hydroxyl groups is 1. The third kappa shape index (κ3) is 21.6. The molecule has 1 aromatic rings. The normalized spacial score (nSPS) is 21.1. The van der Waals surface area contributed by atoms with E-state index in [1.807, 2.05) is 0 Å². The number of amides is 6. The SMILES string of the molecule is NC(N)=NCCC[C@@H]1NC(=O)[C@H](CCCCNC(=O)CCC(C(=O)O)N2CCN(CC(=O)O)CCN(CC(=O)O)CC2)NC(=O)[C@@H](Cc2ccc(O)cc2)NC(=O)[C@H](CC(=O)O)NC(=O)CNC1=O. The third-order valence-corrected chi connectivity index (χ3v) is 11.1. The van der Waals surface area contributed by atoms with Gasteiger partial charge < -0.3 is 68.9 Å². The zero-order chi connectivity index (χ0) is 51.0. The van der Waals surface area contributed by atoms with E-state index in [1.54, 1.807) is 14.7 Å². The summed E-state index contributed by atoms with van der Waals surface area (Å²) in [4.78, 5) is 137. The molecule has 2 saturated heterocycles. The zero-order valence-corrected chi connectivity index (χ0v) is 38.1. The summed E-state index contributed by atoms with van der Waals surface area (Å²) in [6.45, 7) is -0.0862. The van der Waals surface area contributed by atoms with Crippen LogP contribution in [0.3, 0.4) is 0 Å². The number of benzene rings is 1. The van der Waals surface area contributed by atoms with Gasteiger partial charge in [-0.25, -0.2) is 0 Å². The number of aliphatic carboxylic acids is 4. The molecule has 3 rings (SSSR count). The summed E-state index contributed by atoms with van der Waals surface area (Å²) in [6.07, 6.45) is -0.987. The highest BCUT2D eigenvalue weighted by atomic mass is 16.4. The van der Waals surface area contributed by atoms with Crippen molar-refractivity contribution >= 4 is 65.3 Å². The number of phenols is 1. The van der Waals surface area contributed by atoms with Gasteiger partial charge >= 0.3 is 23.9 Å². The zero-order valence-electron chi connectivity index (χ0n) is 38.1. The highest BCUT2D eigenvalue weighted by molar-refractivity contribution is 5.98. The number of carbonyl (C=O) groups is 10. The van der Waals surface area contributed by atoms with Crippen LogP contribution in [0.4, 0.5) is 0 Å². The molecular weight excluding hydrogens is 913 g/mol. The minimum Gasteiger partial charge on any atom is -0.508 e. The number of aliphatic imine (C=N–C) groups is 1. The summed E-state index contributed by atoms with van der Waals surface area (Å²) in [5.41, 5.74) is 11.3. The molecule has 0 aliphatic carbocycles. The van der Waals surface area contributed by atoms with Crippen LogP contribution in [0.5, 0.6) is 5.75 Å². The lowest BCUT2D eigenvalue weighted by molar-refractivity contribution is -0.145. The van der Waals surface area contributed by atoms with Crippen molar-refractivity contribution in [1.82, 2.24) is 46.6 Å². The van der Waals surface area contributed by atoms with Gasteiger partial charge in [0, 0.05) is 65.2 Å². The van der Waals surface area contributed by atoms with Gasteiger partial charge in [-0.3, -0.25) is 67.6 Å². The molecule has 2 fully saturated rings. The Bertz CT molecular complexity index is 1970. The molecule has 2 aliphatic heterocycles. The molecule has 5 atom stereocenters. The summed E-state index contributed by atoms with van der Waals surface area (Å²) < 4.78 is 0. The fraction of sp³-hybridized carbons (Fsp3) is 0.595. The molecule has 27 heteroatoms. The molecule has 6 amide bonds. The average molecular weight is 977 g/mol. The number of carboxylic acids is 4. The second kappa shape index (κ2) is 28.9. The number of rotatable bonds is 22. The molecule has 1 aromatic carbocycles. The summed E-state index contributed by atoms with van der Waals surface area (Å²) >= 11 is 0. The van der Waals surface area contributed by atoms with Crippen molar-refractivity contribution in [3.8, 4) is 5.75 Å². The molecule has 1 unspecified atom stereocenters. The van der Waals surface area contributed by atoms with E-state index in [0.717, 1.165) is 0 Å². The van der Waals surface area contributed by atoms with E-state index in [0.29, 0.717) is 5.56 Å². The number of guanidine groups is 1. The summed E-state index contributed by atoms with van der Waals surface area (Å²) in [5, 5.41) is 63.2. The Balaban J connectivity index is 1.77. The number of hydrogen-bond acceptors (Lipinski definition) is 15. The lowest BCUT2D eigenvalue weighted by Crippen LogP contribution is -2.58. The van der Waals surface area contributed by atoms with E-state index in [-0.39, 0.29) is 129 Å². The van der Waals surface area contributed by atoms with Crippen molar-refractivity contribution in [1.29, 1.82) is 0 Å². The molecule has 2 heterocycles. The number of carbonyl (C=O) groups excluding carboxylic acids is 6. The molecule has 0 spiro atoms. The van der Waals surface area contributed by atoms with Crippen LogP contribution in [0.25, 0.3) is 0 Å². The highest BCUT2D eigenvalue weighted by Gasteiger charge is 2.34. The van der Waals surface area contributed by atoms with Gasteiger partial charge in [0.25, 0.3) is 0 Å². The minimum atomic E-state index is -1.69. The topological polar surface area (TPSA) is 418 Å². The first-order chi connectivity index (χ1) is 32.7.